The van der Waals surface area contributed by atoms with Crippen molar-refractivity contribution in [3.05, 3.63) is 46.6 Å². The minimum Gasteiger partial charge on any atom is -0.387 e. The molecule has 1 aromatic carbocycles. The van der Waals surface area contributed by atoms with Gasteiger partial charge < -0.3 is 5.11 Å². The highest BCUT2D eigenvalue weighted by Crippen LogP contribution is 2.27. The van der Waals surface area contributed by atoms with E-state index in [-0.39, 0.29) is 5.78 Å². The number of aliphatic hydroxyl groups is 1. The molecule has 0 saturated carbocycles. The smallest absolute Gasteiger partial charge is 0.182 e. The number of ketones is 1. The summed E-state index contributed by atoms with van der Waals surface area (Å²) in [5.41, 5.74) is 0.717. The zero-order chi connectivity index (χ0) is 11.5. The molecule has 0 spiro atoms. The third kappa shape index (κ3) is 2.13. The average molecular weight is 280 g/mol. The van der Waals surface area contributed by atoms with E-state index in [1.165, 1.54) is 12.4 Å². The summed E-state index contributed by atoms with van der Waals surface area (Å²) in [7, 11) is 0. The second-order valence-electron chi connectivity index (χ2n) is 3.52. The molecule has 4 heteroatoms. The molecule has 0 fully saturated rings. The Morgan fingerprint density at radius 3 is 2.69 bits per heavy atom. The molecular weight excluding hydrogens is 270 g/mol. The van der Waals surface area contributed by atoms with Gasteiger partial charge in [0, 0.05) is 12.4 Å². The molecule has 1 aliphatic heterocycles. The van der Waals surface area contributed by atoms with Crippen molar-refractivity contribution in [1.82, 2.24) is 0 Å². The number of aliphatic imine (C=N–C) groups is 1. The molecule has 82 valence electrons. The fourth-order valence-corrected chi connectivity index (χ4v) is 1.96. The van der Waals surface area contributed by atoms with Crippen LogP contribution in [0.25, 0.3) is 0 Å². The third-order valence-electron chi connectivity index (χ3n) is 2.45. The number of benzene rings is 1. The molecule has 0 saturated heterocycles. The fourth-order valence-electron chi connectivity index (χ4n) is 1.57. The van der Waals surface area contributed by atoms with Crippen LogP contribution >= 0.6 is 15.9 Å². The van der Waals surface area contributed by atoms with Crippen LogP contribution in [-0.4, -0.2) is 17.1 Å². The Hall–Kier alpha value is -1.26. The average Bonchev–Trinajstić information content (AvgIpc) is 2.33. The van der Waals surface area contributed by atoms with Crippen molar-refractivity contribution in [2.75, 3.05) is 0 Å². The molecule has 16 heavy (non-hydrogen) atoms. The number of rotatable bonds is 2. The quantitative estimate of drug-likeness (QED) is 0.903. The van der Waals surface area contributed by atoms with E-state index in [2.05, 4.69) is 20.9 Å². The minimum atomic E-state index is -0.848. The van der Waals surface area contributed by atoms with Gasteiger partial charge in [-0.1, -0.05) is 30.3 Å². The van der Waals surface area contributed by atoms with Crippen molar-refractivity contribution in [3.63, 3.8) is 0 Å². The predicted octanol–water partition coefficient (Wildman–Crippen LogP) is 2.23. The van der Waals surface area contributed by atoms with E-state index in [0.29, 0.717) is 4.48 Å². The van der Waals surface area contributed by atoms with Crippen molar-refractivity contribution >= 4 is 27.9 Å². The van der Waals surface area contributed by atoms with Crippen molar-refractivity contribution in [2.45, 2.75) is 6.10 Å². The van der Waals surface area contributed by atoms with Crippen LogP contribution in [0.5, 0.6) is 0 Å². The Morgan fingerprint density at radius 2 is 2.00 bits per heavy atom. The Kier molecular flexibility index (Phi) is 3.31. The van der Waals surface area contributed by atoms with Gasteiger partial charge in [0.05, 0.1) is 16.5 Å². The molecule has 1 aromatic rings. The van der Waals surface area contributed by atoms with E-state index >= 15 is 0 Å². The number of allylic oxidation sites excluding steroid dienone is 1. The number of carbonyl (C=O) groups excluding carboxylic acids is 1. The molecule has 2 unspecified atom stereocenters. The lowest BCUT2D eigenvalue weighted by atomic mass is 9.92. The van der Waals surface area contributed by atoms with E-state index in [1.54, 1.807) is 12.1 Å². The van der Waals surface area contributed by atoms with Gasteiger partial charge in [-0.15, -0.1) is 0 Å². The first-order chi connectivity index (χ1) is 7.70. The Bertz CT molecular complexity index is 453. The number of hydrogen-bond donors (Lipinski definition) is 1. The van der Waals surface area contributed by atoms with Gasteiger partial charge in [-0.25, -0.2) is 0 Å². The van der Waals surface area contributed by atoms with Gasteiger partial charge in [0.15, 0.2) is 5.78 Å². The molecule has 0 amide bonds. The maximum absolute atomic E-state index is 11.8. The number of Topliss-reactive ketones (excluding diaryl/α,β-unsaturated/α-hetero) is 1. The summed E-state index contributed by atoms with van der Waals surface area (Å²) in [6, 6.07) is 9.10. The monoisotopic (exact) mass is 279 g/mol. The molecule has 2 atom stereocenters. The van der Waals surface area contributed by atoms with Gasteiger partial charge in [0.25, 0.3) is 0 Å². The van der Waals surface area contributed by atoms with Crippen molar-refractivity contribution in [1.29, 1.82) is 0 Å². The lowest BCUT2D eigenvalue weighted by Gasteiger charge is -2.19. The van der Waals surface area contributed by atoms with Crippen molar-refractivity contribution in [3.8, 4) is 0 Å². The van der Waals surface area contributed by atoms with Gasteiger partial charge in [-0.3, -0.25) is 9.79 Å². The number of aliphatic hydroxyl groups excluding tert-OH is 1. The lowest BCUT2D eigenvalue weighted by Crippen LogP contribution is -2.25. The van der Waals surface area contributed by atoms with Gasteiger partial charge in [0.1, 0.15) is 0 Å². The van der Waals surface area contributed by atoms with E-state index in [9.17, 15) is 9.90 Å². The SMILES string of the molecule is O=C1C(Br)=CN=CC1C(O)c1ccccc1. The van der Waals surface area contributed by atoms with Crippen LogP contribution in [0, 0.1) is 5.92 Å². The summed E-state index contributed by atoms with van der Waals surface area (Å²) < 4.78 is 0.398. The lowest BCUT2D eigenvalue weighted by molar-refractivity contribution is -0.119. The summed E-state index contributed by atoms with van der Waals surface area (Å²) in [6.07, 6.45) is 2.07. The Morgan fingerprint density at radius 1 is 1.31 bits per heavy atom. The normalized spacial score (nSPS) is 21.8. The highest BCUT2D eigenvalue weighted by Gasteiger charge is 2.29. The summed E-state index contributed by atoms with van der Waals surface area (Å²) in [6.45, 7) is 0. The maximum atomic E-state index is 11.8. The zero-order valence-corrected chi connectivity index (χ0v) is 9.96. The second-order valence-corrected chi connectivity index (χ2v) is 4.38. The van der Waals surface area contributed by atoms with Crippen molar-refractivity contribution in [2.24, 2.45) is 10.9 Å². The molecule has 1 aliphatic rings. The molecular formula is C12H10BrNO2. The largest absolute Gasteiger partial charge is 0.387 e. The molecule has 0 radical (unpaired) electrons. The topological polar surface area (TPSA) is 49.7 Å². The number of hydrogen-bond acceptors (Lipinski definition) is 3. The van der Waals surface area contributed by atoms with Crippen LogP contribution < -0.4 is 0 Å². The first-order valence-corrected chi connectivity index (χ1v) is 5.65. The van der Waals surface area contributed by atoms with E-state index in [4.69, 9.17) is 0 Å². The van der Waals surface area contributed by atoms with Gasteiger partial charge in [0.2, 0.25) is 0 Å². The van der Waals surface area contributed by atoms with Crippen LogP contribution in [0.2, 0.25) is 0 Å². The molecule has 1 N–H and O–H groups in total. The van der Waals surface area contributed by atoms with Gasteiger partial charge >= 0.3 is 0 Å². The number of carbonyl (C=O) groups is 1. The molecule has 2 rings (SSSR count). The van der Waals surface area contributed by atoms with Crippen LogP contribution in [-0.2, 0) is 4.79 Å². The molecule has 0 aliphatic carbocycles. The van der Waals surface area contributed by atoms with Gasteiger partial charge in [-0.2, -0.15) is 0 Å². The van der Waals surface area contributed by atoms with E-state index in [1.807, 2.05) is 18.2 Å². The molecule has 0 aromatic heterocycles. The van der Waals surface area contributed by atoms with E-state index in [0.717, 1.165) is 5.56 Å². The first kappa shape index (κ1) is 11.2. The predicted molar refractivity (Wildman–Crippen MR) is 65.4 cm³/mol. The fraction of sp³-hybridized carbons (Fsp3) is 0.167. The highest BCUT2D eigenvalue weighted by atomic mass is 79.9. The summed E-state index contributed by atoms with van der Waals surface area (Å²) in [4.78, 5) is 15.7. The highest BCUT2D eigenvalue weighted by molar-refractivity contribution is 9.12. The Balaban J connectivity index is 2.24. The van der Waals surface area contributed by atoms with Crippen LogP contribution in [0.15, 0.2) is 46.0 Å². The third-order valence-corrected chi connectivity index (χ3v) is 3.05. The minimum absolute atomic E-state index is 0.147. The standard InChI is InChI=1S/C12H10BrNO2/c13-10-7-14-6-9(12(10)16)11(15)8-4-2-1-3-5-8/h1-7,9,11,15H. The van der Waals surface area contributed by atoms with Gasteiger partial charge in [-0.05, 0) is 21.5 Å². The number of nitrogens with zero attached hydrogens (tertiary/aromatic N) is 1. The summed E-state index contributed by atoms with van der Waals surface area (Å²) in [5, 5.41) is 10.1. The van der Waals surface area contributed by atoms with E-state index < -0.39 is 12.0 Å². The van der Waals surface area contributed by atoms with Crippen LogP contribution in [0.3, 0.4) is 0 Å². The summed E-state index contributed by atoms with van der Waals surface area (Å²) in [5.74, 6) is -0.756. The Labute approximate surface area is 102 Å². The molecule has 1 heterocycles. The first-order valence-electron chi connectivity index (χ1n) is 4.86. The summed E-state index contributed by atoms with van der Waals surface area (Å²) >= 11 is 3.12. The molecule has 3 nitrogen and oxygen atoms in total. The second kappa shape index (κ2) is 4.72. The molecule has 0 bridgehead atoms. The van der Waals surface area contributed by atoms with Crippen LogP contribution in [0.4, 0.5) is 0 Å². The maximum Gasteiger partial charge on any atom is 0.182 e. The number of halogens is 1. The van der Waals surface area contributed by atoms with Crippen LogP contribution in [0.1, 0.15) is 11.7 Å². The zero-order valence-electron chi connectivity index (χ0n) is 8.38. The van der Waals surface area contributed by atoms with Crippen molar-refractivity contribution < 1.29 is 9.90 Å².